The van der Waals surface area contributed by atoms with Gasteiger partial charge < -0.3 is 15.2 Å². The third-order valence-electron chi connectivity index (χ3n) is 6.37. The van der Waals surface area contributed by atoms with Crippen molar-refractivity contribution in [2.45, 2.75) is 36.6 Å². The quantitative estimate of drug-likeness (QED) is 0.151. The summed E-state index contributed by atoms with van der Waals surface area (Å²) < 4.78 is 53.4. The lowest BCUT2D eigenvalue weighted by atomic mass is 10.0. The summed E-state index contributed by atoms with van der Waals surface area (Å²) in [6, 6.07) is 18.2. The van der Waals surface area contributed by atoms with Crippen LogP contribution >= 0.6 is 11.8 Å². The molecule has 6 nitrogen and oxygen atoms in total. The smallest absolute Gasteiger partial charge is 0.340 e. The summed E-state index contributed by atoms with van der Waals surface area (Å²) in [5.74, 6) is -0.134. The molecule has 0 aliphatic carbocycles. The van der Waals surface area contributed by atoms with Gasteiger partial charge in [-0.2, -0.15) is 18.2 Å². The maximum atomic E-state index is 13.3. The fraction of sp³-hybridized carbons (Fsp3) is 0.233. The number of carbonyl (C=O) groups excluding carboxylic acids is 1. The van der Waals surface area contributed by atoms with Gasteiger partial charge in [-0.3, -0.25) is 9.59 Å². The molecule has 2 N–H and O–H groups in total. The fourth-order valence-corrected chi connectivity index (χ4v) is 5.01. The van der Waals surface area contributed by atoms with Gasteiger partial charge in [-0.05, 0) is 59.5 Å². The van der Waals surface area contributed by atoms with Crippen LogP contribution in [-0.2, 0) is 36.2 Å². The molecule has 0 saturated carbocycles. The first kappa shape index (κ1) is 30.0. The predicted molar refractivity (Wildman–Crippen MR) is 151 cm³/mol. The van der Waals surface area contributed by atoms with Gasteiger partial charge >= 0.3 is 6.18 Å². The number of rotatable bonds is 10. The van der Waals surface area contributed by atoms with Crippen molar-refractivity contribution < 1.29 is 22.4 Å². The molecule has 0 spiro atoms. The van der Waals surface area contributed by atoms with Crippen LogP contribution in [0.5, 0.6) is 0 Å². The predicted octanol–water partition coefficient (Wildman–Crippen LogP) is 5.52. The van der Waals surface area contributed by atoms with E-state index in [4.69, 9.17) is 5.73 Å². The second-order valence-corrected chi connectivity index (χ2v) is 10.4. The minimum atomic E-state index is -4.39. The maximum Gasteiger partial charge on any atom is 0.416 e. The van der Waals surface area contributed by atoms with Gasteiger partial charge in [0.1, 0.15) is 12.4 Å². The van der Waals surface area contributed by atoms with Crippen LogP contribution in [-0.4, -0.2) is 34.0 Å². The van der Waals surface area contributed by atoms with Crippen LogP contribution in [0.15, 0.2) is 88.9 Å². The van der Waals surface area contributed by atoms with Gasteiger partial charge in [-0.25, -0.2) is 4.39 Å². The highest BCUT2D eigenvalue weighted by molar-refractivity contribution is 7.98. The minimum Gasteiger partial charge on any atom is -0.340 e. The van der Waals surface area contributed by atoms with Crippen molar-refractivity contribution in [3.05, 3.63) is 117 Å². The zero-order chi connectivity index (χ0) is 29.6. The van der Waals surface area contributed by atoms with E-state index >= 15 is 0 Å². The van der Waals surface area contributed by atoms with E-state index in [2.05, 4.69) is 4.98 Å². The third kappa shape index (κ3) is 8.05. The largest absolute Gasteiger partial charge is 0.416 e. The number of hydrogen-bond acceptors (Lipinski definition) is 5. The zero-order valence-electron chi connectivity index (χ0n) is 22.2. The van der Waals surface area contributed by atoms with E-state index in [-0.39, 0.29) is 24.8 Å². The molecule has 1 aromatic heterocycles. The van der Waals surface area contributed by atoms with E-state index in [1.165, 1.54) is 36.0 Å². The van der Waals surface area contributed by atoms with E-state index in [0.717, 1.165) is 28.8 Å². The lowest BCUT2D eigenvalue weighted by Gasteiger charge is -2.20. The Bertz CT molecular complexity index is 1540. The maximum absolute atomic E-state index is 13.3. The molecule has 1 heterocycles. The Morgan fingerprint density at radius 2 is 1.54 bits per heavy atom. The van der Waals surface area contributed by atoms with Gasteiger partial charge in [0.15, 0.2) is 5.16 Å². The SMILES string of the molecule is CN(Cc1ccc(-c2ccc(C(F)(F)F)cc2)cc1)C(=O)Cn1cc(CCN)c(=O)nc1SCc1ccc(F)cc1. The number of hydrogen-bond donors (Lipinski definition) is 1. The number of aromatic nitrogens is 2. The van der Waals surface area contributed by atoms with Crippen LogP contribution in [0.2, 0.25) is 0 Å². The molecular formula is C30H28F4N4O2S. The number of likely N-dealkylation sites (N-methyl/N-ethyl adjacent to an activating group) is 1. The van der Waals surface area contributed by atoms with E-state index < -0.39 is 17.3 Å². The molecule has 4 aromatic rings. The van der Waals surface area contributed by atoms with E-state index in [0.29, 0.717) is 35.0 Å². The lowest BCUT2D eigenvalue weighted by molar-refractivity contribution is -0.137. The average Bonchev–Trinajstić information content (AvgIpc) is 2.95. The van der Waals surface area contributed by atoms with Crippen LogP contribution < -0.4 is 11.3 Å². The van der Waals surface area contributed by atoms with Crippen molar-refractivity contribution in [2.75, 3.05) is 13.6 Å². The van der Waals surface area contributed by atoms with Gasteiger partial charge in [0.2, 0.25) is 5.91 Å². The Morgan fingerprint density at radius 1 is 0.951 bits per heavy atom. The molecule has 0 aliphatic rings. The number of amides is 1. The normalized spacial score (nSPS) is 11.5. The number of thioether (sulfide) groups is 1. The summed E-state index contributed by atoms with van der Waals surface area (Å²) in [4.78, 5) is 31.4. The highest BCUT2D eigenvalue weighted by atomic mass is 32.2. The van der Waals surface area contributed by atoms with E-state index in [9.17, 15) is 27.2 Å². The van der Waals surface area contributed by atoms with Gasteiger partial charge in [-0.1, -0.05) is 60.3 Å². The monoisotopic (exact) mass is 584 g/mol. The Balaban J connectivity index is 1.44. The van der Waals surface area contributed by atoms with Crippen LogP contribution in [0.3, 0.4) is 0 Å². The molecule has 0 fully saturated rings. The summed E-state index contributed by atoms with van der Waals surface area (Å²) in [7, 11) is 1.66. The minimum absolute atomic E-state index is 0.0588. The number of halogens is 4. The second-order valence-electron chi connectivity index (χ2n) is 9.46. The molecule has 0 atom stereocenters. The number of alkyl halides is 3. The zero-order valence-corrected chi connectivity index (χ0v) is 23.0. The summed E-state index contributed by atoms with van der Waals surface area (Å²) in [5, 5.41) is 0.364. The van der Waals surface area contributed by atoms with Crippen molar-refractivity contribution in [3.8, 4) is 11.1 Å². The van der Waals surface area contributed by atoms with Crippen LogP contribution in [0.25, 0.3) is 11.1 Å². The molecule has 3 aromatic carbocycles. The molecule has 1 amide bonds. The Kier molecular flexibility index (Phi) is 9.61. The molecule has 0 unspecified atom stereocenters. The highest BCUT2D eigenvalue weighted by Gasteiger charge is 2.30. The van der Waals surface area contributed by atoms with Crippen molar-refractivity contribution in [3.63, 3.8) is 0 Å². The molecule has 41 heavy (non-hydrogen) atoms. The molecule has 0 aliphatic heterocycles. The summed E-state index contributed by atoms with van der Waals surface area (Å²) in [6.45, 7) is 0.500. The highest BCUT2D eigenvalue weighted by Crippen LogP contribution is 2.31. The van der Waals surface area contributed by atoms with Crippen molar-refractivity contribution >= 4 is 17.7 Å². The standard InChI is InChI=1S/C30H28F4N4O2S/c1-37(16-20-2-6-22(7-3-20)23-8-10-25(11-9-23)30(32,33)34)27(39)18-38-17-24(14-15-35)28(40)36-29(38)41-19-21-4-12-26(31)13-5-21/h2-13,17H,14-16,18-19,35H2,1H3. The van der Waals surface area contributed by atoms with E-state index in [1.54, 1.807) is 47.0 Å². The first-order chi connectivity index (χ1) is 19.5. The van der Waals surface area contributed by atoms with Crippen molar-refractivity contribution in [2.24, 2.45) is 5.73 Å². The Labute approximate surface area is 238 Å². The van der Waals surface area contributed by atoms with E-state index in [1.807, 2.05) is 12.1 Å². The van der Waals surface area contributed by atoms with Gasteiger partial charge in [0, 0.05) is 31.1 Å². The second kappa shape index (κ2) is 13.1. The molecule has 4 rings (SSSR count). The number of benzene rings is 3. The Hall–Kier alpha value is -3.96. The molecule has 0 bridgehead atoms. The lowest BCUT2D eigenvalue weighted by Crippen LogP contribution is -2.31. The summed E-state index contributed by atoms with van der Waals surface area (Å²) in [5.41, 5.74) is 8.03. The molecule has 214 valence electrons. The van der Waals surface area contributed by atoms with Gasteiger partial charge in [0.05, 0.1) is 5.56 Å². The van der Waals surface area contributed by atoms with Gasteiger partial charge in [0.25, 0.3) is 5.56 Å². The number of nitrogens with zero attached hydrogens (tertiary/aromatic N) is 3. The summed E-state index contributed by atoms with van der Waals surface area (Å²) in [6.07, 6.45) is -2.46. The number of nitrogens with two attached hydrogens (primary N) is 1. The van der Waals surface area contributed by atoms with Crippen molar-refractivity contribution in [1.82, 2.24) is 14.5 Å². The molecule has 11 heteroatoms. The van der Waals surface area contributed by atoms with Gasteiger partial charge in [-0.15, -0.1) is 0 Å². The van der Waals surface area contributed by atoms with Crippen LogP contribution in [0, 0.1) is 5.82 Å². The average molecular weight is 585 g/mol. The fourth-order valence-electron chi connectivity index (χ4n) is 4.09. The third-order valence-corrected chi connectivity index (χ3v) is 7.44. The van der Waals surface area contributed by atoms with Crippen molar-refractivity contribution in [1.29, 1.82) is 0 Å². The summed E-state index contributed by atoms with van der Waals surface area (Å²) >= 11 is 1.27. The molecular weight excluding hydrogens is 556 g/mol. The number of carbonyl (C=O) groups is 1. The first-order valence-electron chi connectivity index (χ1n) is 12.7. The van der Waals surface area contributed by atoms with Crippen LogP contribution in [0.1, 0.15) is 22.3 Å². The molecule has 0 saturated heterocycles. The van der Waals surface area contributed by atoms with Crippen LogP contribution in [0.4, 0.5) is 17.6 Å². The first-order valence-corrected chi connectivity index (χ1v) is 13.7. The topological polar surface area (TPSA) is 81.2 Å². The Morgan fingerprint density at radius 3 is 2.12 bits per heavy atom. The molecule has 0 radical (unpaired) electrons.